The van der Waals surface area contributed by atoms with E-state index in [1.807, 2.05) is 18.4 Å². The summed E-state index contributed by atoms with van der Waals surface area (Å²) in [7, 11) is 1.65. The van der Waals surface area contributed by atoms with Gasteiger partial charge in [0.05, 0.1) is 15.9 Å². The van der Waals surface area contributed by atoms with Crippen molar-refractivity contribution in [2.75, 3.05) is 12.4 Å². The molecule has 50 heavy (non-hydrogen) atoms. The number of methoxy groups -OCH3 is 1. The lowest BCUT2D eigenvalue weighted by molar-refractivity contribution is -0.546. The molecule has 14 heteroatoms. The van der Waals surface area contributed by atoms with Crippen molar-refractivity contribution in [2.45, 2.75) is 57.6 Å². The number of hydrazine groups is 1. The number of carbonyl (C=O) groups is 1. The van der Waals surface area contributed by atoms with Gasteiger partial charge in [-0.3, -0.25) is 20.5 Å². The Labute approximate surface area is 305 Å². The van der Waals surface area contributed by atoms with E-state index in [1.54, 1.807) is 19.2 Å². The van der Waals surface area contributed by atoms with Crippen LogP contribution < -0.4 is 16.7 Å². The van der Waals surface area contributed by atoms with Gasteiger partial charge in [0.15, 0.2) is 5.22 Å². The molecule has 1 amide bonds. The van der Waals surface area contributed by atoms with E-state index >= 15 is 0 Å². The highest BCUT2D eigenvalue weighted by Gasteiger charge is 2.28. The maximum Gasteiger partial charge on any atom is 0.271 e. The summed E-state index contributed by atoms with van der Waals surface area (Å²) >= 11 is 0. The van der Waals surface area contributed by atoms with Crippen molar-refractivity contribution in [1.82, 2.24) is 20.1 Å². The van der Waals surface area contributed by atoms with Gasteiger partial charge in [0.2, 0.25) is 11.9 Å². The predicted molar refractivity (Wildman–Crippen MR) is 208 cm³/mol. The van der Waals surface area contributed by atoms with Gasteiger partial charge in [-0.1, -0.05) is 11.6 Å². The average Bonchev–Trinajstić information content (AvgIpc) is 3.42. The third-order valence-electron chi connectivity index (χ3n) is 5.98. The number of nitrogens with two attached hydrogens (primary N) is 1. The van der Waals surface area contributed by atoms with Crippen LogP contribution in [0, 0.1) is 124 Å². The van der Waals surface area contributed by atoms with Crippen LogP contribution in [0.5, 0.6) is 0 Å². The number of pyridine rings is 1. The number of terminal acetylenes is 2. The van der Waals surface area contributed by atoms with Crippen molar-refractivity contribution < 1.29 is 28.8 Å². The molecule has 0 saturated heterocycles. The van der Waals surface area contributed by atoms with E-state index in [0.29, 0.717) is 35.8 Å². The molecule has 14 nitrogen and oxygen atoms in total. The minimum Gasteiger partial charge on any atom is -0.379 e. The number of nitrogens with zero attached hydrogens (tertiary/aromatic N) is 7. The van der Waals surface area contributed by atoms with E-state index in [2.05, 4.69) is 131 Å². The highest BCUT2D eigenvalue weighted by atomic mass is 16.7. The zero-order valence-corrected chi connectivity index (χ0v) is 27.3. The predicted octanol–water partition coefficient (Wildman–Crippen LogP) is 5.60. The number of nitrogens with one attached hydrogen (secondary N) is 2. The molecule has 1 saturated carbocycles. The fourth-order valence-electron chi connectivity index (χ4n) is 3.32. The molecule has 1 aliphatic carbocycles. The highest BCUT2D eigenvalue weighted by Crippen LogP contribution is 2.37. The van der Waals surface area contributed by atoms with Gasteiger partial charge in [-0.2, -0.15) is 0 Å². The summed E-state index contributed by atoms with van der Waals surface area (Å²) in [5.41, 5.74) is 2.39. The van der Waals surface area contributed by atoms with E-state index < -0.39 is 5.03 Å². The SMILES string of the molecule is C#CC#CC#CC#CC#CC#CC#CC#CC#C.NN=NN[N+](=O)[O-].[C-]#[N+]c1ccc2nc(NC(=O)CCC(C)(C)OC)n(C3CCC3)c2n1.[HH].[HH].[HH].[HH].[HH].[HH].[HH].[HH].[HH].[HH]. The molecule has 0 aliphatic heterocycles. The number of anilines is 1. The lowest BCUT2D eigenvalue weighted by Crippen LogP contribution is -2.26. The summed E-state index contributed by atoms with van der Waals surface area (Å²) in [6.07, 6.45) is 14.0. The quantitative estimate of drug-likeness (QED) is 0.0803. The molecule has 2 heterocycles. The number of hydrogen-bond donors (Lipinski definition) is 3. The first-order valence-corrected chi connectivity index (χ1v) is 14.1. The van der Waals surface area contributed by atoms with Crippen LogP contribution in [0.15, 0.2) is 22.6 Å². The van der Waals surface area contributed by atoms with Crippen molar-refractivity contribution in [2.24, 2.45) is 16.3 Å². The number of carbonyl (C=O) groups excluding carboxylic acids is 1. The fraction of sp³-hybridized carbons (Fsp3) is 0.278. The molecule has 266 valence electrons. The van der Waals surface area contributed by atoms with E-state index in [9.17, 15) is 14.9 Å². The Morgan fingerprint density at radius 2 is 1.58 bits per heavy atom. The molecule has 3 rings (SSSR count). The molecule has 0 radical (unpaired) electrons. The average molecular weight is 685 g/mol. The summed E-state index contributed by atoms with van der Waals surface area (Å²) in [6, 6.07) is 3.72. The van der Waals surface area contributed by atoms with E-state index in [4.69, 9.17) is 24.2 Å². The van der Waals surface area contributed by atoms with Crippen LogP contribution in [-0.4, -0.2) is 38.2 Å². The van der Waals surface area contributed by atoms with Crippen molar-refractivity contribution in [3.05, 3.63) is 33.7 Å². The minimum absolute atomic E-state index is 0. The Morgan fingerprint density at radius 1 is 1.06 bits per heavy atom. The zero-order valence-electron chi connectivity index (χ0n) is 27.3. The van der Waals surface area contributed by atoms with Gasteiger partial charge in [-0.25, -0.2) is 4.98 Å². The summed E-state index contributed by atoms with van der Waals surface area (Å²) < 4.78 is 7.34. The molecule has 2 aromatic rings. The van der Waals surface area contributed by atoms with Gasteiger partial charge in [0, 0.05) is 39.4 Å². The third-order valence-corrected chi connectivity index (χ3v) is 5.98. The van der Waals surface area contributed by atoms with Crippen LogP contribution >= 0.6 is 0 Å². The second kappa shape index (κ2) is 23.5. The van der Waals surface area contributed by atoms with Gasteiger partial charge in [0.1, 0.15) is 5.52 Å². The fourth-order valence-corrected chi connectivity index (χ4v) is 3.32. The number of ether oxygens (including phenoxy) is 1. The van der Waals surface area contributed by atoms with E-state index in [0.717, 1.165) is 19.3 Å². The Bertz CT molecular complexity index is 2130. The maximum atomic E-state index is 12.4. The second-order valence-corrected chi connectivity index (χ2v) is 9.64. The normalized spacial score (nSPS) is 10.1. The molecular formula is C36H48N10O4. The van der Waals surface area contributed by atoms with Crippen molar-refractivity contribution >= 4 is 28.8 Å². The molecule has 0 atom stereocenters. The van der Waals surface area contributed by atoms with Crippen LogP contribution in [0.3, 0.4) is 0 Å². The smallest absolute Gasteiger partial charge is 0.271 e. The lowest BCUT2D eigenvalue weighted by atomic mass is 9.93. The first-order chi connectivity index (χ1) is 24.1. The molecule has 1 fully saturated rings. The Morgan fingerprint density at radius 3 is 1.96 bits per heavy atom. The summed E-state index contributed by atoms with van der Waals surface area (Å²) in [5.74, 6) is 43.4. The number of nitro groups is 1. The molecule has 0 unspecified atom stereocenters. The van der Waals surface area contributed by atoms with Crippen LogP contribution in [0.25, 0.3) is 16.0 Å². The molecule has 1 aliphatic rings. The van der Waals surface area contributed by atoms with Crippen LogP contribution in [0.1, 0.15) is 66.3 Å². The second-order valence-electron chi connectivity index (χ2n) is 9.64. The Balaban J connectivity index is -0.0000000806. The minimum atomic E-state index is -0.879. The monoisotopic (exact) mass is 684 g/mol. The van der Waals surface area contributed by atoms with Crippen molar-refractivity contribution in [3.63, 3.8) is 0 Å². The molecule has 2 aromatic heterocycles. The highest BCUT2D eigenvalue weighted by molar-refractivity contribution is 5.91. The maximum absolute atomic E-state index is 12.4. The van der Waals surface area contributed by atoms with Crippen LogP contribution in [0.4, 0.5) is 11.8 Å². The van der Waals surface area contributed by atoms with Crippen molar-refractivity contribution in [1.29, 1.82) is 0 Å². The number of aromatic nitrogens is 3. The van der Waals surface area contributed by atoms with Crippen molar-refractivity contribution in [3.8, 4) is 108 Å². The summed E-state index contributed by atoms with van der Waals surface area (Å²) in [6.45, 7) is 11.1. The van der Waals surface area contributed by atoms with Crippen LogP contribution in [-0.2, 0) is 9.53 Å². The van der Waals surface area contributed by atoms with E-state index in [-0.39, 0.29) is 31.8 Å². The number of rotatable bonds is 8. The first kappa shape index (κ1) is 40.2. The van der Waals surface area contributed by atoms with Crippen LogP contribution in [0.2, 0.25) is 0 Å². The summed E-state index contributed by atoms with van der Waals surface area (Å²) in [5, 5.41) is 16.5. The molecule has 4 N–H and O–H groups in total. The lowest BCUT2D eigenvalue weighted by Gasteiger charge is -2.27. The first-order valence-electron chi connectivity index (χ1n) is 14.1. The number of imidazole rings is 1. The number of amides is 1. The molecule has 0 aromatic carbocycles. The van der Waals surface area contributed by atoms with Gasteiger partial charge in [0.25, 0.3) is 11.5 Å². The summed E-state index contributed by atoms with van der Waals surface area (Å²) in [4.78, 5) is 33.9. The zero-order chi connectivity index (χ0) is 37.0. The standard InChI is InChI=1S/C18H23N5O2.C18H2.H3N5O2.10H2/c1-18(2,25-4)11-10-15(24)22-17-20-13-8-9-14(19-3)21-16(13)23(17)12-6-5-7-12;1-3-5-7-9-11-13-15-17-18-16-14-12-10-8-6-4-2;1-2-3-4-5(6)7;;;;;;;;;;/h8-9,12H,5-7,10-11H2,1-2,4H3,(H,20,22,24);1-2H;(H2,1,3)(H,2,4);10*1H. The van der Waals surface area contributed by atoms with Gasteiger partial charge >= 0.3 is 0 Å². The Hall–Kier alpha value is -7.82. The van der Waals surface area contributed by atoms with Gasteiger partial charge < -0.3 is 19.7 Å². The van der Waals surface area contributed by atoms with Gasteiger partial charge in [-0.05, 0) is 146 Å². The Kier molecular flexibility index (Phi) is 18.9. The molecule has 0 bridgehead atoms. The number of hydrogen-bond acceptors (Lipinski definition) is 8. The topological polar surface area (TPSA) is 179 Å². The molecular weight excluding hydrogens is 636 g/mol. The molecule has 0 spiro atoms. The van der Waals surface area contributed by atoms with Gasteiger partial charge in [-0.15, -0.1) is 12.8 Å². The third kappa shape index (κ3) is 16.5. The largest absolute Gasteiger partial charge is 0.379 e. The number of fused-ring (bicyclic) bond motifs is 1. The van der Waals surface area contributed by atoms with E-state index in [1.165, 1.54) is 5.53 Å².